The quantitative estimate of drug-likeness (QED) is 0.862. The third kappa shape index (κ3) is 3.72. The Bertz CT molecular complexity index is 827. The van der Waals surface area contributed by atoms with Gasteiger partial charge in [-0.3, -0.25) is 14.1 Å². The lowest BCUT2D eigenvalue weighted by Crippen LogP contribution is -2.47. The number of sulfonamides is 1. The van der Waals surface area contributed by atoms with Crippen molar-refractivity contribution in [3.8, 4) is 0 Å². The van der Waals surface area contributed by atoms with E-state index in [1.165, 1.54) is 22.0 Å². The molecule has 7 nitrogen and oxygen atoms in total. The second kappa shape index (κ2) is 6.07. The molecule has 2 aromatic rings. The highest BCUT2D eigenvalue weighted by Crippen LogP contribution is 2.14. The summed E-state index contributed by atoms with van der Waals surface area (Å²) in [4.78, 5) is 19.3. The summed E-state index contributed by atoms with van der Waals surface area (Å²) in [6, 6.07) is 1.48. The predicted molar refractivity (Wildman–Crippen MR) is 85.6 cm³/mol. The van der Waals surface area contributed by atoms with Gasteiger partial charge in [0.25, 0.3) is 5.56 Å². The van der Waals surface area contributed by atoms with E-state index in [0.29, 0.717) is 18.1 Å². The van der Waals surface area contributed by atoms with Crippen LogP contribution < -0.4 is 10.3 Å². The number of hydrogen-bond acceptors (Lipinski definition) is 6. The molecule has 0 aromatic carbocycles. The summed E-state index contributed by atoms with van der Waals surface area (Å²) in [5, 5.41) is 1.83. The lowest BCUT2D eigenvalue weighted by atomic mass is 10.1. The van der Waals surface area contributed by atoms with E-state index in [1.54, 1.807) is 12.3 Å². The van der Waals surface area contributed by atoms with Gasteiger partial charge in [-0.25, -0.2) is 18.1 Å². The maximum atomic E-state index is 12.0. The molecule has 1 aliphatic rings. The number of hydrogen-bond donors (Lipinski definition) is 1. The SMILES string of the molecule is CS(=O)(=O)N[C@H]1CCCN(Cc2cc(=O)n3ccsc3n2)C1. The summed E-state index contributed by atoms with van der Waals surface area (Å²) in [5.74, 6) is 0. The van der Waals surface area contributed by atoms with E-state index in [-0.39, 0.29) is 11.6 Å². The predicted octanol–water partition coefficient (Wildman–Crippen LogP) is 0.270. The molecule has 0 bridgehead atoms. The van der Waals surface area contributed by atoms with Crippen molar-refractivity contribution in [2.24, 2.45) is 0 Å². The van der Waals surface area contributed by atoms with Gasteiger partial charge in [0.1, 0.15) is 0 Å². The van der Waals surface area contributed by atoms with Gasteiger partial charge in [-0.05, 0) is 19.4 Å². The fourth-order valence-corrected chi connectivity index (χ4v) is 4.33. The highest BCUT2D eigenvalue weighted by molar-refractivity contribution is 7.88. The maximum Gasteiger partial charge on any atom is 0.258 e. The summed E-state index contributed by atoms with van der Waals surface area (Å²) in [7, 11) is -3.19. The zero-order valence-corrected chi connectivity index (χ0v) is 13.9. The fourth-order valence-electron chi connectivity index (χ4n) is 2.80. The van der Waals surface area contributed by atoms with Crippen molar-refractivity contribution < 1.29 is 8.42 Å². The molecule has 9 heteroatoms. The minimum absolute atomic E-state index is 0.0738. The minimum atomic E-state index is -3.19. The third-order valence-electron chi connectivity index (χ3n) is 3.63. The summed E-state index contributed by atoms with van der Waals surface area (Å²) in [6.07, 6.45) is 4.66. The van der Waals surface area contributed by atoms with Gasteiger partial charge in [0.2, 0.25) is 10.0 Å². The monoisotopic (exact) mass is 342 g/mol. The number of thiazole rings is 1. The van der Waals surface area contributed by atoms with Gasteiger partial charge in [0.15, 0.2) is 4.96 Å². The van der Waals surface area contributed by atoms with Crippen LogP contribution in [0.25, 0.3) is 4.96 Å². The van der Waals surface area contributed by atoms with Crippen LogP contribution in [-0.4, -0.2) is 48.1 Å². The number of nitrogens with zero attached hydrogens (tertiary/aromatic N) is 3. The van der Waals surface area contributed by atoms with Crippen molar-refractivity contribution in [3.05, 3.63) is 33.7 Å². The second-order valence-electron chi connectivity index (χ2n) is 5.61. The van der Waals surface area contributed by atoms with Crippen molar-refractivity contribution in [2.75, 3.05) is 19.3 Å². The molecule has 0 spiro atoms. The largest absolute Gasteiger partial charge is 0.296 e. The first kappa shape index (κ1) is 15.6. The molecule has 0 amide bonds. The Morgan fingerprint density at radius 3 is 3.09 bits per heavy atom. The van der Waals surface area contributed by atoms with Crippen LogP contribution >= 0.6 is 11.3 Å². The first-order valence-electron chi connectivity index (χ1n) is 7.06. The molecule has 1 N–H and O–H groups in total. The molecule has 1 saturated heterocycles. The average Bonchev–Trinajstić information content (AvgIpc) is 2.85. The molecule has 2 aromatic heterocycles. The van der Waals surface area contributed by atoms with Crippen LogP contribution in [0.4, 0.5) is 0 Å². The van der Waals surface area contributed by atoms with Gasteiger partial charge in [-0.15, -0.1) is 11.3 Å². The highest BCUT2D eigenvalue weighted by Gasteiger charge is 2.22. The lowest BCUT2D eigenvalue weighted by molar-refractivity contribution is 0.192. The van der Waals surface area contributed by atoms with Gasteiger partial charge in [0.05, 0.1) is 11.9 Å². The Labute approximate surface area is 132 Å². The number of piperidine rings is 1. The number of fused-ring (bicyclic) bond motifs is 1. The molecular formula is C13H18N4O3S2. The smallest absolute Gasteiger partial charge is 0.258 e. The standard InChI is InChI=1S/C13H18N4O3S2/c1-22(19,20)15-10-3-2-4-16(8-10)9-11-7-12(18)17-5-6-21-13(17)14-11/h5-7,10,15H,2-4,8-9H2,1H3/t10-/m0/s1. The van der Waals surface area contributed by atoms with Crippen LogP contribution in [0.1, 0.15) is 18.5 Å². The van der Waals surface area contributed by atoms with Crippen molar-refractivity contribution in [3.63, 3.8) is 0 Å². The van der Waals surface area contributed by atoms with Gasteiger partial charge in [-0.1, -0.05) is 0 Å². The molecule has 3 heterocycles. The first-order valence-corrected chi connectivity index (χ1v) is 9.83. The highest BCUT2D eigenvalue weighted by atomic mass is 32.2. The van der Waals surface area contributed by atoms with Gasteiger partial charge in [-0.2, -0.15) is 0 Å². The zero-order chi connectivity index (χ0) is 15.7. The molecule has 120 valence electrons. The Morgan fingerprint density at radius 1 is 1.50 bits per heavy atom. The van der Waals surface area contributed by atoms with Gasteiger partial charge < -0.3 is 0 Å². The van der Waals surface area contributed by atoms with Crippen molar-refractivity contribution >= 4 is 26.3 Å². The van der Waals surface area contributed by atoms with E-state index in [9.17, 15) is 13.2 Å². The van der Waals surface area contributed by atoms with Crippen molar-refractivity contribution in [1.29, 1.82) is 0 Å². The number of rotatable bonds is 4. The van der Waals surface area contributed by atoms with Crippen LogP contribution in [0.5, 0.6) is 0 Å². The first-order chi connectivity index (χ1) is 10.4. The number of likely N-dealkylation sites (tertiary alicyclic amines) is 1. The normalized spacial score (nSPS) is 20.5. The van der Waals surface area contributed by atoms with E-state index < -0.39 is 10.0 Å². The third-order valence-corrected chi connectivity index (χ3v) is 5.15. The van der Waals surface area contributed by atoms with Crippen LogP contribution in [-0.2, 0) is 16.6 Å². The van der Waals surface area contributed by atoms with Crippen LogP contribution in [0.3, 0.4) is 0 Å². The Hall–Kier alpha value is -1.29. The average molecular weight is 342 g/mol. The molecule has 0 saturated carbocycles. The lowest BCUT2D eigenvalue weighted by Gasteiger charge is -2.32. The van der Waals surface area contributed by atoms with Gasteiger partial charge >= 0.3 is 0 Å². The van der Waals surface area contributed by atoms with Crippen LogP contribution in [0.15, 0.2) is 22.4 Å². The Kier molecular flexibility index (Phi) is 4.31. The number of aromatic nitrogens is 2. The van der Waals surface area contributed by atoms with E-state index in [2.05, 4.69) is 14.6 Å². The minimum Gasteiger partial charge on any atom is -0.296 e. The molecule has 1 fully saturated rings. The topological polar surface area (TPSA) is 83.8 Å². The van der Waals surface area contributed by atoms with Gasteiger partial charge in [0, 0.05) is 36.8 Å². The summed E-state index contributed by atoms with van der Waals surface area (Å²) in [5.41, 5.74) is 0.650. The molecule has 22 heavy (non-hydrogen) atoms. The fraction of sp³-hybridized carbons (Fsp3) is 0.538. The molecule has 0 unspecified atom stereocenters. The second-order valence-corrected chi connectivity index (χ2v) is 8.26. The molecule has 3 rings (SSSR count). The molecule has 0 aliphatic carbocycles. The van der Waals surface area contributed by atoms with E-state index in [1.807, 2.05) is 5.38 Å². The van der Waals surface area contributed by atoms with Crippen LogP contribution in [0.2, 0.25) is 0 Å². The molecule has 1 atom stereocenters. The van der Waals surface area contributed by atoms with E-state index in [4.69, 9.17) is 0 Å². The van der Waals surface area contributed by atoms with Crippen molar-refractivity contribution in [2.45, 2.75) is 25.4 Å². The Balaban J connectivity index is 1.72. The molecule has 1 aliphatic heterocycles. The summed E-state index contributed by atoms with van der Waals surface area (Å²) >= 11 is 1.43. The van der Waals surface area contributed by atoms with E-state index >= 15 is 0 Å². The van der Waals surface area contributed by atoms with Crippen LogP contribution in [0, 0.1) is 0 Å². The Morgan fingerprint density at radius 2 is 2.32 bits per heavy atom. The summed E-state index contributed by atoms with van der Waals surface area (Å²) in [6.45, 7) is 2.08. The molecule has 0 radical (unpaired) electrons. The van der Waals surface area contributed by atoms with E-state index in [0.717, 1.165) is 25.1 Å². The molecular weight excluding hydrogens is 324 g/mol. The zero-order valence-electron chi connectivity index (χ0n) is 12.2. The van der Waals surface area contributed by atoms with Crippen molar-refractivity contribution in [1.82, 2.24) is 19.0 Å². The number of nitrogens with one attached hydrogen (secondary N) is 1. The maximum absolute atomic E-state index is 12.0. The summed E-state index contributed by atoms with van der Waals surface area (Å²) < 4.78 is 26.9.